The largest absolute Gasteiger partial charge is 0.481 e. The van der Waals surface area contributed by atoms with Crippen molar-refractivity contribution in [3.63, 3.8) is 0 Å². The summed E-state index contributed by atoms with van der Waals surface area (Å²) in [5, 5.41) is 5.01. The normalized spacial score (nSPS) is 11.8. The maximum absolute atomic E-state index is 13.2. The van der Waals surface area contributed by atoms with Gasteiger partial charge in [-0.2, -0.15) is 13.2 Å². The number of allylic oxidation sites excluding steroid dienone is 2. The van der Waals surface area contributed by atoms with Crippen molar-refractivity contribution in [3.05, 3.63) is 84.2 Å². The zero-order valence-corrected chi connectivity index (χ0v) is 28.2. The van der Waals surface area contributed by atoms with E-state index >= 15 is 0 Å². The summed E-state index contributed by atoms with van der Waals surface area (Å²) >= 11 is 0. The van der Waals surface area contributed by atoms with Gasteiger partial charge in [-0.3, -0.25) is 4.79 Å². The van der Waals surface area contributed by atoms with E-state index in [0.29, 0.717) is 24.7 Å². The molecule has 0 fully saturated rings. The highest BCUT2D eigenvalue weighted by molar-refractivity contribution is 7.88. The van der Waals surface area contributed by atoms with Crippen molar-refractivity contribution in [2.75, 3.05) is 31.8 Å². The molecule has 0 saturated heterocycles. The molecule has 0 aliphatic heterocycles. The number of amides is 1. The van der Waals surface area contributed by atoms with Crippen LogP contribution >= 0.6 is 0 Å². The topological polar surface area (TPSA) is 113 Å². The monoisotopic (exact) mass is 653 g/mol. The molecule has 0 aliphatic carbocycles. The zero-order valence-electron chi connectivity index (χ0n) is 27.4. The van der Waals surface area contributed by atoms with Crippen LogP contribution in [-0.4, -0.2) is 62.1 Å². The first-order valence-corrected chi connectivity index (χ1v) is 16.0. The van der Waals surface area contributed by atoms with Gasteiger partial charge in [0.2, 0.25) is 21.8 Å². The number of pyridine rings is 1. The lowest BCUT2D eigenvalue weighted by molar-refractivity contribution is -0.111. The molecule has 1 amide bonds. The van der Waals surface area contributed by atoms with Gasteiger partial charge in [0.25, 0.3) is 0 Å². The average molecular weight is 654 g/mol. The van der Waals surface area contributed by atoms with Crippen LogP contribution in [0.15, 0.2) is 78.0 Å². The summed E-state index contributed by atoms with van der Waals surface area (Å²) in [4.78, 5) is 19.6. The van der Waals surface area contributed by atoms with E-state index in [9.17, 15) is 26.4 Å². The molecule has 2 aromatic rings. The van der Waals surface area contributed by atoms with Crippen molar-refractivity contribution in [2.24, 2.45) is 4.99 Å². The Morgan fingerprint density at radius 3 is 2.13 bits per heavy atom. The predicted octanol–water partition coefficient (Wildman–Crippen LogP) is 7.25. The fraction of sp³-hybridized carbons (Fsp3) is 0.406. The van der Waals surface area contributed by atoms with E-state index in [4.69, 9.17) is 4.74 Å². The molecule has 0 atom stereocenters. The third-order valence-electron chi connectivity index (χ3n) is 5.46. The van der Waals surface area contributed by atoms with Gasteiger partial charge in [-0.15, -0.1) is 0 Å². The summed E-state index contributed by atoms with van der Waals surface area (Å²) in [6, 6.07) is 10.2. The van der Waals surface area contributed by atoms with Crippen molar-refractivity contribution in [2.45, 2.75) is 60.6 Å². The summed E-state index contributed by atoms with van der Waals surface area (Å²) in [6.45, 7) is 18.9. The van der Waals surface area contributed by atoms with E-state index in [2.05, 4.69) is 33.8 Å². The molecule has 0 spiro atoms. The van der Waals surface area contributed by atoms with Crippen LogP contribution < -0.4 is 15.4 Å². The molecular weight excluding hydrogens is 607 g/mol. The quantitative estimate of drug-likeness (QED) is 0.150. The van der Waals surface area contributed by atoms with Crippen LogP contribution in [0.4, 0.5) is 24.5 Å². The number of para-hydroxylation sites is 2. The molecule has 1 aromatic heterocycles. The number of sulfonamides is 1. The van der Waals surface area contributed by atoms with E-state index in [0.717, 1.165) is 30.7 Å². The third kappa shape index (κ3) is 16.6. The second-order valence-electron chi connectivity index (χ2n) is 9.77. The standard InChI is InChI=1S/C17H18F3N3O.C8H11NO.C7H17NO2S/c1-5-12(17(18,19)20)16(21-11(3)4)23-14-10-8-7-9-13(14)22-15(24)6-2;1-6-4-7(2)9-8(5-6)10-3;1-4-6-8(7-5-2)11(3,9)10/h5-10H,2-3H2,1,4H3,(H,21,23)(H,22,24);4-5H,1-3H3;4-7H2,1-3H3/b12-5+;;. The predicted molar refractivity (Wildman–Crippen MR) is 177 cm³/mol. The highest BCUT2D eigenvalue weighted by Gasteiger charge is 2.36. The molecule has 2 rings (SSSR count). The fourth-order valence-corrected chi connectivity index (χ4v) is 4.65. The minimum absolute atomic E-state index is 0.167. The third-order valence-corrected chi connectivity index (χ3v) is 6.76. The number of benzene rings is 1. The van der Waals surface area contributed by atoms with Gasteiger partial charge >= 0.3 is 6.18 Å². The first kappa shape index (κ1) is 41.0. The molecule has 0 aliphatic rings. The number of halogens is 3. The van der Waals surface area contributed by atoms with Crippen LogP contribution in [0, 0.1) is 13.8 Å². The van der Waals surface area contributed by atoms with Gasteiger partial charge in [0.1, 0.15) is 5.84 Å². The molecule has 1 heterocycles. The molecule has 13 heteroatoms. The second-order valence-corrected chi connectivity index (χ2v) is 11.7. The van der Waals surface area contributed by atoms with Gasteiger partial charge in [0.15, 0.2) is 0 Å². The first-order chi connectivity index (χ1) is 20.9. The molecule has 0 saturated carbocycles. The van der Waals surface area contributed by atoms with E-state index in [1.807, 2.05) is 39.8 Å². The lowest BCUT2D eigenvalue weighted by Crippen LogP contribution is -2.31. The van der Waals surface area contributed by atoms with Gasteiger partial charge < -0.3 is 15.4 Å². The van der Waals surface area contributed by atoms with Crippen LogP contribution in [0.2, 0.25) is 0 Å². The summed E-state index contributed by atoms with van der Waals surface area (Å²) in [7, 11) is -1.33. The number of carbonyl (C=O) groups is 1. The Kier molecular flexibility index (Phi) is 18.4. The lowest BCUT2D eigenvalue weighted by Gasteiger charge is -2.17. The summed E-state index contributed by atoms with van der Waals surface area (Å²) < 4.78 is 68.1. The average Bonchev–Trinajstić information content (AvgIpc) is 2.92. The van der Waals surface area contributed by atoms with Gasteiger partial charge in [-0.1, -0.05) is 45.2 Å². The summed E-state index contributed by atoms with van der Waals surface area (Å²) in [5.41, 5.74) is 1.97. The van der Waals surface area contributed by atoms with Gasteiger partial charge in [0, 0.05) is 30.5 Å². The Labute approximate surface area is 266 Å². The van der Waals surface area contributed by atoms with Crippen molar-refractivity contribution in [1.82, 2.24) is 14.6 Å². The van der Waals surface area contributed by atoms with E-state index in [1.54, 1.807) is 19.2 Å². The number of aryl methyl sites for hydroxylation is 2. The van der Waals surface area contributed by atoms with Crippen LogP contribution in [0.25, 0.3) is 0 Å². The minimum atomic E-state index is -4.59. The first-order valence-electron chi connectivity index (χ1n) is 14.1. The van der Waals surface area contributed by atoms with E-state index < -0.39 is 33.5 Å². The smallest absolute Gasteiger partial charge is 0.419 e. The SMILES string of the molecule is C=CC(=O)Nc1ccccc1N=C(NC(=C)C)/C(=C\C)C(F)(F)F.CCCN(CCC)S(C)(=O)=O.COc1cc(C)cc(C)n1. The highest BCUT2D eigenvalue weighted by atomic mass is 32.2. The summed E-state index contributed by atoms with van der Waals surface area (Å²) in [6.07, 6.45) is 0.411. The Bertz CT molecular complexity index is 1410. The van der Waals surface area contributed by atoms with E-state index in [1.165, 1.54) is 42.1 Å². The number of hydrogen-bond acceptors (Lipinski definition) is 6. The number of alkyl halides is 3. The van der Waals surface area contributed by atoms with Gasteiger partial charge in [-0.25, -0.2) is 22.7 Å². The van der Waals surface area contributed by atoms with Crippen molar-refractivity contribution in [1.29, 1.82) is 0 Å². The minimum Gasteiger partial charge on any atom is -0.481 e. The number of methoxy groups -OCH3 is 1. The number of anilines is 1. The molecule has 2 N–H and O–H groups in total. The Morgan fingerprint density at radius 2 is 1.71 bits per heavy atom. The number of hydrogen-bond donors (Lipinski definition) is 2. The zero-order chi connectivity index (χ0) is 34.8. The highest BCUT2D eigenvalue weighted by Crippen LogP contribution is 2.30. The maximum atomic E-state index is 13.2. The number of ether oxygens (including phenoxy) is 1. The van der Waals surface area contributed by atoms with Crippen molar-refractivity contribution >= 4 is 33.1 Å². The van der Waals surface area contributed by atoms with E-state index in [-0.39, 0.29) is 11.4 Å². The van der Waals surface area contributed by atoms with Crippen LogP contribution in [-0.2, 0) is 14.8 Å². The molecule has 45 heavy (non-hydrogen) atoms. The summed E-state index contributed by atoms with van der Waals surface area (Å²) in [5.74, 6) is -0.204. The Hall–Kier alpha value is -3.97. The molecule has 0 bridgehead atoms. The number of rotatable bonds is 11. The number of carbonyl (C=O) groups excluding carboxylic acids is 1. The molecule has 9 nitrogen and oxygen atoms in total. The molecular formula is C32H46F3N5O4S. The molecule has 0 unspecified atom stereocenters. The Balaban J connectivity index is 0.000000758. The fourth-order valence-electron chi connectivity index (χ4n) is 3.62. The van der Waals surface area contributed by atoms with Gasteiger partial charge in [0.05, 0.1) is 30.3 Å². The number of nitrogens with zero attached hydrogens (tertiary/aromatic N) is 3. The number of aliphatic imine (C=N–C) groups is 1. The van der Waals surface area contributed by atoms with Crippen LogP contribution in [0.1, 0.15) is 51.8 Å². The number of aromatic nitrogens is 1. The van der Waals surface area contributed by atoms with Crippen molar-refractivity contribution < 1.29 is 31.1 Å². The Morgan fingerprint density at radius 1 is 1.13 bits per heavy atom. The van der Waals surface area contributed by atoms with Gasteiger partial charge in [-0.05, 0) is 70.4 Å². The van der Waals surface area contributed by atoms with Crippen LogP contribution in [0.5, 0.6) is 5.88 Å². The molecule has 1 aromatic carbocycles. The maximum Gasteiger partial charge on any atom is 0.419 e. The number of amidine groups is 1. The molecule has 250 valence electrons. The lowest BCUT2D eigenvalue weighted by atomic mass is 10.2. The van der Waals surface area contributed by atoms with Crippen LogP contribution in [0.3, 0.4) is 0 Å². The van der Waals surface area contributed by atoms with Crippen molar-refractivity contribution in [3.8, 4) is 5.88 Å². The molecule has 0 radical (unpaired) electrons. The number of nitrogens with one attached hydrogen (secondary N) is 2. The second kappa shape index (κ2) is 20.1.